The zero-order valence-electron chi connectivity index (χ0n) is 10.3. The van der Waals surface area contributed by atoms with Gasteiger partial charge in [-0.05, 0) is 17.6 Å². The highest BCUT2D eigenvalue weighted by Gasteiger charge is 2.34. The predicted molar refractivity (Wildman–Crippen MR) is 67.9 cm³/mol. The summed E-state index contributed by atoms with van der Waals surface area (Å²) in [6, 6.07) is 0.540. The maximum absolute atomic E-state index is 10.2. The molecule has 2 aliphatic rings. The Kier molecular flexibility index (Phi) is 3.84. The topological polar surface area (TPSA) is 41.5 Å². The fourth-order valence-corrected chi connectivity index (χ4v) is 3.77. The van der Waals surface area contributed by atoms with Gasteiger partial charge in [0, 0.05) is 31.4 Å². The Morgan fingerprint density at radius 3 is 2.94 bits per heavy atom. The number of aliphatic hydroxyl groups is 1. The normalized spacial score (nSPS) is 38.8. The average molecular weight is 245 g/mol. The van der Waals surface area contributed by atoms with Crippen LogP contribution in [0.1, 0.15) is 26.7 Å². The average Bonchev–Trinajstić information content (AvgIpc) is 2.62. The van der Waals surface area contributed by atoms with Gasteiger partial charge in [-0.25, -0.2) is 0 Å². The second kappa shape index (κ2) is 4.84. The minimum atomic E-state index is -0.619. The molecular weight excluding hydrogens is 222 g/mol. The summed E-state index contributed by atoms with van der Waals surface area (Å²) in [7, 11) is 0. The summed E-state index contributed by atoms with van der Waals surface area (Å²) in [5.41, 5.74) is -0.193. The van der Waals surface area contributed by atoms with Gasteiger partial charge in [0.2, 0.25) is 0 Å². The molecule has 2 N–H and O–H groups in total. The molecule has 0 saturated carbocycles. The van der Waals surface area contributed by atoms with Crippen molar-refractivity contribution in [2.24, 2.45) is 5.41 Å². The minimum Gasteiger partial charge on any atom is -0.386 e. The van der Waals surface area contributed by atoms with Crippen molar-refractivity contribution in [3.05, 3.63) is 0 Å². The zero-order chi connectivity index (χ0) is 11.6. The summed E-state index contributed by atoms with van der Waals surface area (Å²) < 4.78 is 5.25. The number of thioether (sulfide) groups is 1. The highest BCUT2D eigenvalue weighted by molar-refractivity contribution is 7.99. The lowest BCUT2D eigenvalue weighted by atomic mass is 9.87. The minimum absolute atomic E-state index is 0.426. The van der Waals surface area contributed by atoms with Gasteiger partial charge in [0.1, 0.15) is 5.60 Å². The van der Waals surface area contributed by atoms with E-state index in [0.717, 1.165) is 6.42 Å². The van der Waals surface area contributed by atoms with Crippen LogP contribution < -0.4 is 5.32 Å². The van der Waals surface area contributed by atoms with Crippen molar-refractivity contribution in [3.8, 4) is 0 Å². The van der Waals surface area contributed by atoms with Gasteiger partial charge in [0.15, 0.2) is 0 Å². The van der Waals surface area contributed by atoms with Crippen LogP contribution in [-0.2, 0) is 4.74 Å². The Morgan fingerprint density at radius 2 is 2.31 bits per heavy atom. The van der Waals surface area contributed by atoms with Crippen molar-refractivity contribution in [3.63, 3.8) is 0 Å². The molecule has 2 aliphatic heterocycles. The van der Waals surface area contributed by atoms with Crippen LogP contribution in [0.4, 0.5) is 0 Å². The molecule has 94 valence electrons. The molecule has 2 fully saturated rings. The van der Waals surface area contributed by atoms with E-state index in [2.05, 4.69) is 19.2 Å². The summed E-state index contributed by atoms with van der Waals surface area (Å²) in [6.07, 6.45) is 1.97. The van der Waals surface area contributed by atoms with Crippen molar-refractivity contribution in [2.75, 3.05) is 31.3 Å². The number of ether oxygens (including phenoxy) is 1. The van der Waals surface area contributed by atoms with Gasteiger partial charge in [-0.3, -0.25) is 0 Å². The van der Waals surface area contributed by atoms with Crippen molar-refractivity contribution in [1.82, 2.24) is 5.32 Å². The molecule has 2 rings (SSSR count). The fourth-order valence-electron chi connectivity index (χ4n) is 2.46. The van der Waals surface area contributed by atoms with Crippen molar-refractivity contribution >= 4 is 11.8 Å². The molecule has 0 aromatic carbocycles. The van der Waals surface area contributed by atoms with Crippen LogP contribution >= 0.6 is 11.8 Å². The largest absolute Gasteiger partial charge is 0.386 e. The first-order valence-corrected chi connectivity index (χ1v) is 7.26. The first-order chi connectivity index (χ1) is 7.49. The number of hydrogen-bond donors (Lipinski definition) is 2. The molecular formula is C12H23NO2S. The lowest BCUT2D eigenvalue weighted by Crippen LogP contribution is -2.48. The van der Waals surface area contributed by atoms with E-state index in [9.17, 15) is 5.11 Å². The van der Waals surface area contributed by atoms with Crippen LogP contribution in [0.25, 0.3) is 0 Å². The number of rotatable bonds is 3. The van der Waals surface area contributed by atoms with E-state index in [4.69, 9.17) is 4.74 Å². The van der Waals surface area contributed by atoms with E-state index in [1.165, 1.54) is 17.9 Å². The Morgan fingerprint density at radius 1 is 1.50 bits per heavy atom. The second-order valence-corrected chi connectivity index (χ2v) is 7.02. The zero-order valence-corrected chi connectivity index (χ0v) is 11.1. The summed E-state index contributed by atoms with van der Waals surface area (Å²) in [5, 5.41) is 13.7. The van der Waals surface area contributed by atoms with Gasteiger partial charge in [-0.15, -0.1) is 0 Å². The van der Waals surface area contributed by atoms with Gasteiger partial charge < -0.3 is 15.2 Å². The first kappa shape index (κ1) is 12.7. The van der Waals surface area contributed by atoms with E-state index in [1.54, 1.807) is 0 Å². The molecule has 0 aromatic heterocycles. The van der Waals surface area contributed by atoms with E-state index in [1.807, 2.05) is 11.8 Å². The van der Waals surface area contributed by atoms with Crippen molar-refractivity contribution in [1.29, 1.82) is 0 Å². The smallest absolute Gasteiger partial charge is 0.102 e. The van der Waals surface area contributed by atoms with Crippen LogP contribution in [0.2, 0.25) is 0 Å². The second-order valence-electron chi connectivity index (χ2n) is 5.99. The SMILES string of the molecule is CC1(C)CSCC(NCC2(O)CCOC2)C1. The quantitative estimate of drug-likeness (QED) is 0.785. The standard InChI is InChI=1S/C12H23NO2S/c1-11(2)5-10(6-16-9-11)13-7-12(14)3-4-15-8-12/h10,13-14H,3-9H2,1-2H3. The molecule has 2 atom stereocenters. The fraction of sp³-hybridized carbons (Fsp3) is 1.00. The first-order valence-electron chi connectivity index (χ1n) is 6.10. The monoisotopic (exact) mass is 245 g/mol. The third kappa shape index (κ3) is 3.36. The van der Waals surface area contributed by atoms with Gasteiger partial charge >= 0.3 is 0 Å². The van der Waals surface area contributed by atoms with Crippen LogP contribution in [-0.4, -0.2) is 48.0 Å². The third-order valence-corrected chi connectivity index (χ3v) is 5.04. The van der Waals surface area contributed by atoms with Crippen LogP contribution in [0, 0.1) is 5.41 Å². The highest BCUT2D eigenvalue weighted by Crippen LogP contribution is 2.33. The summed E-state index contributed by atoms with van der Waals surface area (Å²) in [6.45, 7) is 6.50. The molecule has 0 spiro atoms. The van der Waals surface area contributed by atoms with Gasteiger partial charge in [0.25, 0.3) is 0 Å². The molecule has 0 aromatic rings. The molecule has 0 radical (unpaired) electrons. The Hall–Kier alpha value is 0.230. The third-order valence-electron chi connectivity index (χ3n) is 3.41. The Balaban J connectivity index is 1.77. The lowest BCUT2D eigenvalue weighted by Gasteiger charge is -2.36. The highest BCUT2D eigenvalue weighted by atomic mass is 32.2. The van der Waals surface area contributed by atoms with E-state index >= 15 is 0 Å². The molecule has 0 amide bonds. The molecule has 3 nitrogen and oxygen atoms in total. The van der Waals surface area contributed by atoms with Crippen LogP contribution in [0.15, 0.2) is 0 Å². The van der Waals surface area contributed by atoms with E-state index in [0.29, 0.717) is 31.2 Å². The molecule has 2 saturated heterocycles. The molecule has 0 bridgehead atoms. The van der Waals surface area contributed by atoms with Crippen LogP contribution in [0.5, 0.6) is 0 Å². The van der Waals surface area contributed by atoms with E-state index in [-0.39, 0.29) is 0 Å². The maximum Gasteiger partial charge on any atom is 0.102 e. The molecule has 2 unspecified atom stereocenters. The molecule has 4 heteroatoms. The lowest BCUT2D eigenvalue weighted by molar-refractivity contribution is 0.0242. The summed E-state index contributed by atoms with van der Waals surface area (Å²) >= 11 is 2.02. The van der Waals surface area contributed by atoms with Crippen LogP contribution in [0.3, 0.4) is 0 Å². The molecule has 0 aliphatic carbocycles. The Labute approximate surface area is 102 Å². The van der Waals surface area contributed by atoms with Gasteiger partial charge in [-0.1, -0.05) is 13.8 Å². The molecule has 2 heterocycles. The summed E-state index contributed by atoms with van der Waals surface area (Å²) in [4.78, 5) is 0. The van der Waals surface area contributed by atoms with E-state index < -0.39 is 5.60 Å². The predicted octanol–water partition coefficient (Wildman–Crippen LogP) is 1.26. The van der Waals surface area contributed by atoms with Gasteiger partial charge in [0.05, 0.1) is 6.61 Å². The number of nitrogens with one attached hydrogen (secondary N) is 1. The maximum atomic E-state index is 10.2. The van der Waals surface area contributed by atoms with Crippen molar-refractivity contribution < 1.29 is 9.84 Å². The van der Waals surface area contributed by atoms with Gasteiger partial charge in [-0.2, -0.15) is 11.8 Å². The summed E-state index contributed by atoms with van der Waals surface area (Å²) in [5.74, 6) is 2.42. The number of hydrogen-bond acceptors (Lipinski definition) is 4. The molecule has 16 heavy (non-hydrogen) atoms. The van der Waals surface area contributed by atoms with Crippen molar-refractivity contribution in [2.45, 2.75) is 38.3 Å². The Bertz CT molecular complexity index is 239.